The van der Waals surface area contributed by atoms with Crippen molar-refractivity contribution in [3.05, 3.63) is 0 Å². The predicted octanol–water partition coefficient (Wildman–Crippen LogP) is 0.287. The van der Waals surface area contributed by atoms with Crippen LogP contribution in [0.4, 0.5) is 0 Å². The Morgan fingerprint density at radius 2 is 2.20 bits per heavy atom. The maximum absolute atomic E-state index is 10.9. The normalized spacial score (nSPS) is 38.5. The molecule has 0 spiro atoms. The lowest BCUT2D eigenvalue weighted by atomic mass is 9.70. The van der Waals surface area contributed by atoms with Crippen LogP contribution >= 0.6 is 0 Å². The molecule has 10 heavy (non-hydrogen) atoms. The summed E-state index contributed by atoms with van der Waals surface area (Å²) in [6.45, 7) is 2.08. The van der Waals surface area contributed by atoms with Crippen LogP contribution in [0, 0.1) is 5.92 Å². The van der Waals surface area contributed by atoms with Crippen molar-refractivity contribution >= 4 is 5.97 Å². The molecule has 1 aliphatic carbocycles. The Hall–Kier alpha value is -0.570. The zero-order chi connectivity index (χ0) is 7.78. The van der Waals surface area contributed by atoms with Gasteiger partial charge >= 0.3 is 5.97 Å². The van der Waals surface area contributed by atoms with Crippen LogP contribution in [0.2, 0.25) is 0 Å². The molecule has 0 saturated heterocycles. The fourth-order valence-electron chi connectivity index (χ4n) is 1.55. The van der Waals surface area contributed by atoms with Gasteiger partial charge in [-0.15, -0.1) is 0 Å². The number of ether oxygens (including phenoxy) is 1. The minimum absolute atomic E-state index is 0.273. The molecular weight excluding hydrogens is 130 g/mol. The monoisotopic (exact) mass is 143 g/mol. The Labute approximate surface area is 60.5 Å². The van der Waals surface area contributed by atoms with Crippen LogP contribution in [0.1, 0.15) is 19.8 Å². The van der Waals surface area contributed by atoms with Gasteiger partial charge in [0.15, 0.2) is 0 Å². The van der Waals surface area contributed by atoms with Crippen molar-refractivity contribution in [3.63, 3.8) is 0 Å². The van der Waals surface area contributed by atoms with Crippen molar-refractivity contribution in [1.29, 1.82) is 0 Å². The minimum atomic E-state index is -0.659. The molecule has 1 fully saturated rings. The van der Waals surface area contributed by atoms with Crippen LogP contribution in [-0.2, 0) is 9.53 Å². The number of carbonyl (C=O) groups is 1. The van der Waals surface area contributed by atoms with Gasteiger partial charge < -0.3 is 10.5 Å². The van der Waals surface area contributed by atoms with E-state index in [0.717, 1.165) is 12.8 Å². The van der Waals surface area contributed by atoms with E-state index >= 15 is 0 Å². The topological polar surface area (TPSA) is 52.3 Å². The summed E-state index contributed by atoms with van der Waals surface area (Å²) in [4.78, 5) is 10.9. The zero-order valence-corrected chi connectivity index (χ0v) is 6.39. The molecule has 2 N–H and O–H groups in total. The number of carbonyl (C=O) groups excluding carboxylic acids is 1. The second kappa shape index (κ2) is 2.23. The smallest absolute Gasteiger partial charge is 0.325 e. The molecule has 0 aromatic heterocycles. The van der Waals surface area contributed by atoms with Crippen LogP contribution in [0.5, 0.6) is 0 Å². The third-order valence-corrected chi connectivity index (χ3v) is 2.02. The van der Waals surface area contributed by atoms with Crippen LogP contribution < -0.4 is 5.73 Å². The summed E-state index contributed by atoms with van der Waals surface area (Å²) < 4.78 is 4.54. The molecule has 0 heterocycles. The zero-order valence-electron chi connectivity index (χ0n) is 6.39. The standard InChI is InChI=1S/C7H13NO2/c1-5-3-7(8,4-5)6(9)10-2/h5H,3-4,8H2,1-2H3. The highest BCUT2D eigenvalue weighted by molar-refractivity contribution is 5.81. The van der Waals surface area contributed by atoms with E-state index in [1.807, 2.05) is 0 Å². The first-order valence-corrected chi connectivity index (χ1v) is 3.46. The van der Waals surface area contributed by atoms with Gasteiger partial charge in [-0.1, -0.05) is 6.92 Å². The average Bonchev–Trinajstić information content (AvgIpc) is 1.83. The largest absolute Gasteiger partial charge is 0.468 e. The summed E-state index contributed by atoms with van der Waals surface area (Å²) in [6.07, 6.45) is 1.53. The summed E-state index contributed by atoms with van der Waals surface area (Å²) in [5.41, 5.74) is 5.01. The third kappa shape index (κ3) is 1.01. The summed E-state index contributed by atoms with van der Waals surface area (Å²) in [7, 11) is 1.37. The van der Waals surface area contributed by atoms with Gasteiger partial charge in [-0.25, -0.2) is 0 Å². The molecule has 0 atom stereocenters. The molecular formula is C7H13NO2. The lowest BCUT2D eigenvalue weighted by molar-refractivity contribution is -0.152. The van der Waals surface area contributed by atoms with Crippen molar-refractivity contribution in [3.8, 4) is 0 Å². The van der Waals surface area contributed by atoms with Gasteiger partial charge in [-0.2, -0.15) is 0 Å². The third-order valence-electron chi connectivity index (χ3n) is 2.02. The highest BCUT2D eigenvalue weighted by Crippen LogP contribution is 2.35. The summed E-state index contributed by atoms with van der Waals surface area (Å²) in [5.74, 6) is 0.301. The van der Waals surface area contributed by atoms with Crippen molar-refractivity contribution in [1.82, 2.24) is 0 Å². The maximum atomic E-state index is 10.9. The molecule has 58 valence electrons. The Balaban J connectivity index is 2.48. The number of esters is 1. The number of hydrogen-bond acceptors (Lipinski definition) is 3. The molecule has 1 saturated carbocycles. The van der Waals surface area contributed by atoms with Gasteiger partial charge in [0.2, 0.25) is 0 Å². The average molecular weight is 143 g/mol. The molecule has 0 aromatic rings. The SMILES string of the molecule is COC(=O)C1(N)CC(C)C1. The van der Waals surface area contributed by atoms with Crippen LogP contribution in [0.25, 0.3) is 0 Å². The number of rotatable bonds is 1. The van der Waals surface area contributed by atoms with Crippen molar-refractivity contribution in [2.24, 2.45) is 11.7 Å². The molecule has 3 heteroatoms. The van der Waals surface area contributed by atoms with Gasteiger partial charge in [-0.05, 0) is 18.8 Å². The Kier molecular flexibility index (Phi) is 1.68. The van der Waals surface area contributed by atoms with E-state index in [4.69, 9.17) is 5.73 Å². The van der Waals surface area contributed by atoms with E-state index in [1.54, 1.807) is 0 Å². The second-order valence-electron chi connectivity index (χ2n) is 3.16. The summed E-state index contributed by atoms with van der Waals surface area (Å²) >= 11 is 0. The molecule has 3 nitrogen and oxygen atoms in total. The maximum Gasteiger partial charge on any atom is 0.325 e. The van der Waals surface area contributed by atoms with E-state index in [-0.39, 0.29) is 5.97 Å². The first kappa shape index (κ1) is 7.54. The fourth-order valence-corrected chi connectivity index (χ4v) is 1.55. The van der Waals surface area contributed by atoms with Gasteiger partial charge in [0.1, 0.15) is 5.54 Å². The molecule has 0 unspecified atom stereocenters. The number of methoxy groups -OCH3 is 1. The Morgan fingerprint density at radius 1 is 1.70 bits per heavy atom. The molecule has 1 rings (SSSR count). The van der Waals surface area contributed by atoms with Gasteiger partial charge in [0.05, 0.1) is 7.11 Å². The van der Waals surface area contributed by atoms with E-state index < -0.39 is 5.54 Å². The lowest BCUT2D eigenvalue weighted by Crippen LogP contribution is -2.57. The van der Waals surface area contributed by atoms with E-state index in [1.165, 1.54) is 7.11 Å². The molecule has 0 aliphatic heterocycles. The Morgan fingerprint density at radius 3 is 2.50 bits per heavy atom. The predicted molar refractivity (Wildman–Crippen MR) is 37.3 cm³/mol. The fraction of sp³-hybridized carbons (Fsp3) is 0.857. The summed E-state index contributed by atoms with van der Waals surface area (Å²) in [5, 5.41) is 0. The van der Waals surface area contributed by atoms with E-state index in [0.29, 0.717) is 5.92 Å². The number of nitrogens with two attached hydrogens (primary N) is 1. The molecule has 0 amide bonds. The Bertz CT molecular complexity index is 150. The van der Waals surface area contributed by atoms with Gasteiger partial charge in [0, 0.05) is 0 Å². The van der Waals surface area contributed by atoms with E-state index in [9.17, 15) is 4.79 Å². The van der Waals surface area contributed by atoms with E-state index in [2.05, 4.69) is 11.7 Å². The quantitative estimate of drug-likeness (QED) is 0.537. The highest BCUT2D eigenvalue weighted by atomic mass is 16.5. The first-order valence-electron chi connectivity index (χ1n) is 3.46. The van der Waals surface area contributed by atoms with Crippen LogP contribution in [0.15, 0.2) is 0 Å². The second-order valence-corrected chi connectivity index (χ2v) is 3.16. The van der Waals surface area contributed by atoms with Crippen molar-refractivity contribution in [2.45, 2.75) is 25.3 Å². The minimum Gasteiger partial charge on any atom is -0.468 e. The summed E-state index contributed by atoms with van der Waals surface area (Å²) in [6, 6.07) is 0. The van der Waals surface area contributed by atoms with Gasteiger partial charge in [0.25, 0.3) is 0 Å². The molecule has 0 radical (unpaired) electrons. The highest BCUT2D eigenvalue weighted by Gasteiger charge is 2.45. The molecule has 0 aromatic carbocycles. The van der Waals surface area contributed by atoms with Crippen LogP contribution in [-0.4, -0.2) is 18.6 Å². The number of hydrogen-bond donors (Lipinski definition) is 1. The van der Waals surface area contributed by atoms with Crippen molar-refractivity contribution < 1.29 is 9.53 Å². The molecule has 0 bridgehead atoms. The first-order chi connectivity index (χ1) is 4.58. The van der Waals surface area contributed by atoms with Crippen molar-refractivity contribution in [2.75, 3.05) is 7.11 Å². The van der Waals surface area contributed by atoms with Crippen LogP contribution in [0.3, 0.4) is 0 Å². The lowest BCUT2D eigenvalue weighted by Gasteiger charge is -2.40. The van der Waals surface area contributed by atoms with Gasteiger partial charge in [-0.3, -0.25) is 4.79 Å². The molecule has 1 aliphatic rings.